The first-order chi connectivity index (χ1) is 8.54. The molecule has 6 heteroatoms. The van der Waals surface area contributed by atoms with Crippen molar-refractivity contribution in [2.75, 3.05) is 11.2 Å². The Morgan fingerprint density at radius 3 is 2.56 bits per heavy atom. The summed E-state index contributed by atoms with van der Waals surface area (Å²) in [6.07, 6.45) is 0.561. The van der Waals surface area contributed by atoms with Gasteiger partial charge in [-0.1, -0.05) is 46.3 Å². The number of sulfonamides is 1. The molecule has 0 aliphatic carbocycles. The Hall–Kier alpha value is -0.720. The van der Waals surface area contributed by atoms with Crippen molar-refractivity contribution < 1.29 is 13.2 Å². The van der Waals surface area contributed by atoms with Crippen molar-refractivity contribution in [1.29, 1.82) is 0 Å². The van der Waals surface area contributed by atoms with Crippen LogP contribution in [0.5, 0.6) is 0 Å². The summed E-state index contributed by atoms with van der Waals surface area (Å²) in [7, 11) is -3.34. The molecule has 1 heterocycles. The lowest BCUT2D eigenvalue weighted by molar-refractivity contribution is -0.121. The van der Waals surface area contributed by atoms with Gasteiger partial charge in [0.15, 0.2) is 0 Å². The molecule has 1 unspecified atom stereocenters. The Morgan fingerprint density at radius 1 is 1.28 bits per heavy atom. The Morgan fingerprint density at radius 2 is 1.94 bits per heavy atom. The van der Waals surface area contributed by atoms with Crippen molar-refractivity contribution in [1.82, 2.24) is 4.31 Å². The fourth-order valence-corrected chi connectivity index (χ4v) is 4.03. The van der Waals surface area contributed by atoms with E-state index in [-0.39, 0.29) is 29.5 Å². The molecule has 1 fully saturated rings. The van der Waals surface area contributed by atoms with Gasteiger partial charge in [-0.3, -0.25) is 4.79 Å². The smallest absolute Gasteiger partial charge is 0.224 e. The van der Waals surface area contributed by atoms with Crippen LogP contribution in [-0.4, -0.2) is 29.7 Å². The van der Waals surface area contributed by atoms with E-state index in [4.69, 9.17) is 0 Å². The number of ketones is 1. The zero-order valence-electron chi connectivity index (χ0n) is 9.75. The van der Waals surface area contributed by atoms with Gasteiger partial charge in [0.25, 0.3) is 0 Å². The summed E-state index contributed by atoms with van der Waals surface area (Å²) in [5.41, 5.74) is 0.870. The molecule has 1 atom stereocenters. The van der Waals surface area contributed by atoms with Crippen molar-refractivity contribution in [3.05, 3.63) is 35.9 Å². The fourth-order valence-electron chi connectivity index (χ4n) is 2.17. The van der Waals surface area contributed by atoms with Crippen molar-refractivity contribution in [2.24, 2.45) is 0 Å². The van der Waals surface area contributed by atoms with Crippen LogP contribution in [0.4, 0.5) is 0 Å². The molecule has 1 aliphatic rings. The van der Waals surface area contributed by atoms with E-state index in [1.165, 1.54) is 4.31 Å². The third kappa shape index (κ3) is 2.81. The first-order valence-corrected chi connectivity index (χ1v) is 8.40. The molecule has 1 aliphatic heterocycles. The van der Waals surface area contributed by atoms with E-state index in [9.17, 15) is 13.2 Å². The van der Waals surface area contributed by atoms with Crippen molar-refractivity contribution in [2.45, 2.75) is 18.9 Å². The third-order valence-electron chi connectivity index (χ3n) is 3.06. The maximum atomic E-state index is 12.0. The second kappa shape index (κ2) is 5.50. The standard InChI is InChI=1S/C12H14BrNO3S/c13-9-18(16,17)14-7-6-11(15)8-12(14)10-4-2-1-3-5-10/h1-5,12H,6-9H2. The molecule has 0 bridgehead atoms. The van der Waals surface area contributed by atoms with Gasteiger partial charge >= 0.3 is 0 Å². The highest BCUT2D eigenvalue weighted by Gasteiger charge is 2.35. The molecule has 18 heavy (non-hydrogen) atoms. The molecule has 0 saturated carbocycles. The summed E-state index contributed by atoms with van der Waals surface area (Å²) in [4.78, 5) is 11.6. The lowest BCUT2D eigenvalue weighted by atomic mass is 9.97. The normalized spacial score (nSPS) is 22.1. The van der Waals surface area contributed by atoms with Crippen LogP contribution in [0.15, 0.2) is 30.3 Å². The zero-order valence-corrected chi connectivity index (χ0v) is 12.2. The number of hydrogen-bond acceptors (Lipinski definition) is 3. The Labute approximate surface area is 115 Å². The second-order valence-electron chi connectivity index (χ2n) is 4.25. The van der Waals surface area contributed by atoms with Gasteiger partial charge in [0, 0.05) is 19.4 Å². The monoisotopic (exact) mass is 331 g/mol. The van der Waals surface area contributed by atoms with E-state index in [1.54, 1.807) is 0 Å². The highest BCUT2D eigenvalue weighted by atomic mass is 79.9. The van der Waals surface area contributed by atoms with Gasteiger partial charge in [0.2, 0.25) is 10.0 Å². The molecule has 0 amide bonds. The van der Waals surface area contributed by atoms with E-state index in [2.05, 4.69) is 15.9 Å². The fraction of sp³-hybridized carbons (Fsp3) is 0.417. The number of nitrogens with zero attached hydrogens (tertiary/aromatic N) is 1. The van der Waals surface area contributed by atoms with E-state index >= 15 is 0 Å². The number of halogens is 1. The number of carbonyl (C=O) groups excluding carboxylic acids is 1. The highest BCUT2D eigenvalue weighted by molar-refractivity contribution is 9.10. The number of Topliss-reactive ketones (excluding diaryl/α,β-unsaturated/α-hetero) is 1. The van der Waals surface area contributed by atoms with Crippen molar-refractivity contribution in [3.63, 3.8) is 0 Å². The minimum Gasteiger partial charge on any atom is -0.300 e. The topological polar surface area (TPSA) is 54.5 Å². The van der Waals surface area contributed by atoms with E-state index in [1.807, 2.05) is 30.3 Å². The molecule has 98 valence electrons. The molecule has 1 aromatic rings. The summed E-state index contributed by atoms with van der Waals surface area (Å²) < 4.78 is 25.3. The molecule has 0 radical (unpaired) electrons. The summed E-state index contributed by atoms with van der Waals surface area (Å²) in [6.45, 7) is 0.270. The van der Waals surface area contributed by atoms with Gasteiger partial charge in [-0.2, -0.15) is 4.31 Å². The lowest BCUT2D eigenvalue weighted by Crippen LogP contribution is -2.41. The minimum absolute atomic E-state index is 0.114. The van der Waals surface area contributed by atoms with Crippen LogP contribution < -0.4 is 0 Å². The number of piperidine rings is 1. The molecule has 4 nitrogen and oxygen atoms in total. The van der Waals surface area contributed by atoms with Crippen LogP contribution in [0.1, 0.15) is 24.4 Å². The number of carbonyl (C=O) groups is 1. The van der Waals surface area contributed by atoms with Gasteiger partial charge < -0.3 is 0 Å². The Bertz CT molecular complexity index is 530. The molecule has 0 aromatic heterocycles. The van der Waals surface area contributed by atoms with Crippen LogP contribution in [0.2, 0.25) is 0 Å². The van der Waals surface area contributed by atoms with Gasteiger partial charge in [0.05, 0.1) is 6.04 Å². The molecule has 0 N–H and O–H groups in total. The average molecular weight is 332 g/mol. The largest absolute Gasteiger partial charge is 0.300 e. The maximum Gasteiger partial charge on any atom is 0.224 e. The first-order valence-electron chi connectivity index (χ1n) is 5.67. The third-order valence-corrected chi connectivity index (χ3v) is 6.22. The maximum absolute atomic E-state index is 12.0. The Kier molecular flexibility index (Phi) is 4.19. The van der Waals surface area contributed by atoms with Crippen LogP contribution in [0.3, 0.4) is 0 Å². The van der Waals surface area contributed by atoms with Crippen LogP contribution in [-0.2, 0) is 14.8 Å². The predicted molar refractivity (Wildman–Crippen MR) is 72.8 cm³/mol. The molecule has 2 rings (SSSR count). The van der Waals surface area contributed by atoms with E-state index in [0.29, 0.717) is 6.42 Å². The second-order valence-corrected chi connectivity index (χ2v) is 7.48. The van der Waals surface area contributed by atoms with E-state index in [0.717, 1.165) is 5.56 Å². The number of hydrogen-bond donors (Lipinski definition) is 0. The molecule has 1 aromatic carbocycles. The van der Waals surface area contributed by atoms with Crippen LogP contribution in [0.25, 0.3) is 0 Å². The van der Waals surface area contributed by atoms with Crippen LogP contribution in [0, 0.1) is 0 Å². The summed E-state index contributed by atoms with van der Waals surface area (Å²) in [6, 6.07) is 8.94. The van der Waals surface area contributed by atoms with Crippen molar-refractivity contribution in [3.8, 4) is 0 Å². The minimum atomic E-state index is -3.34. The van der Waals surface area contributed by atoms with E-state index < -0.39 is 10.0 Å². The van der Waals surface area contributed by atoms with Gasteiger partial charge in [-0.15, -0.1) is 0 Å². The molecular formula is C12H14BrNO3S. The summed E-state index contributed by atoms with van der Waals surface area (Å²) in [5, 5.41) is 0. The van der Waals surface area contributed by atoms with Gasteiger partial charge in [-0.25, -0.2) is 8.42 Å². The molecular weight excluding hydrogens is 318 g/mol. The molecule has 1 saturated heterocycles. The number of benzene rings is 1. The number of alkyl halides is 1. The lowest BCUT2D eigenvalue weighted by Gasteiger charge is -2.33. The average Bonchev–Trinajstić information content (AvgIpc) is 2.39. The SMILES string of the molecule is O=C1CCN(S(=O)(=O)CBr)C(c2ccccc2)C1. The Balaban J connectivity index is 2.36. The predicted octanol–water partition coefficient (Wildman–Crippen LogP) is 2.07. The molecule has 0 spiro atoms. The van der Waals surface area contributed by atoms with Gasteiger partial charge in [-0.05, 0) is 5.56 Å². The quantitative estimate of drug-likeness (QED) is 0.797. The summed E-state index contributed by atoms with van der Waals surface area (Å²) in [5.74, 6) is 0.116. The first kappa shape index (κ1) is 13.7. The highest BCUT2D eigenvalue weighted by Crippen LogP contribution is 2.32. The zero-order chi connectivity index (χ0) is 13.2. The summed E-state index contributed by atoms with van der Waals surface area (Å²) >= 11 is 3.01. The van der Waals surface area contributed by atoms with Crippen molar-refractivity contribution >= 4 is 31.7 Å². The van der Waals surface area contributed by atoms with Crippen LogP contribution >= 0.6 is 15.9 Å². The van der Waals surface area contributed by atoms with Gasteiger partial charge in [0.1, 0.15) is 10.4 Å². The number of rotatable bonds is 3.